The molecule has 1 rings (SSSR count). The molecular weight excluding hydrogens is 215 g/mol. The molecule has 0 aliphatic carbocycles. The standard InChI is InChI=1S/C12H16Cl2/c1-7(2)9-5-6-10(13)11(8(3)4)12(9)14/h5-8H,1-4H3. The van der Waals surface area contributed by atoms with E-state index in [2.05, 4.69) is 27.7 Å². The van der Waals surface area contributed by atoms with Gasteiger partial charge in [0.25, 0.3) is 0 Å². The number of benzene rings is 1. The van der Waals surface area contributed by atoms with Crippen molar-refractivity contribution >= 4 is 23.2 Å². The summed E-state index contributed by atoms with van der Waals surface area (Å²) < 4.78 is 0. The van der Waals surface area contributed by atoms with Crippen LogP contribution in [0.25, 0.3) is 0 Å². The Morgan fingerprint density at radius 2 is 1.50 bits per heavy atom. The van der Waals surface area contributed by atoms with Crippen molar-refractivity contribution in [3.05, 3.63) is 33.3 Å². The van der Waals surface area contributed by atoms with E-state index in [1.807, 2.05) is 12.1 Å². The smallest absolute Gasteiger partial charge is 0.0490 e. The minimum absolute atomic E-state index is 0.369. The number of halogens is 2. The highest BCUT2D eigenvalue weighted by molar-refractivity contribution is 6.36. The van der Waals surface area contributed by atoms with E-state index in [9.17, 15) is 0 Å². The third-order valence-corrected chi connectivity index (χ3v) is 3.11. The molecule has 0 aliphatic heterocycles. The Morgan fingerprint density at radius 1 is 0.929 bits per heavy atom. The second-order valence-corrected chi connectivity index (χ2v) is 4.96. The lowest BCUT2D eigenvalue weighted by molar-refractivity contribution is 0.834. The third-order valence-electron chi connectivity index (χ3n) is 2.36. The summed E-state index contributed by atoms with van der Waals surface area (Å²) in [6.07, 6.45) is 0. The Balaban J connectivity index is 3.34. The summed E-state index contributed by atoms with van der Waals surface area (Å²) in [4.78, 5) is 0. The van der Waals surface area contributed by atoms with Crippen LogP contribution in [-0.2, 0) is 0 Å². The molecule has 78 valence electrons. The third kappa shape index (κ3) is 2.24. The highest BCUT2D eigenvalue weighted by atomic mass is 35.5. The van der Waals surface area contributed by atoms with Gasteiger partial charge in [0.2, 0.25) is 0 Å². The van der Waals surface area contributed by atoms with Crippen molar-refractivity contribution in [2.24, 2.45) is 0 Å². The molecule has 1 aromatic rings. The Labute approximate surface area is 96.2 Å². The zero-order chi connectivity index (χ0) is 10.9. The van der Waals surface area contributed by atoms with Crippen LogP contribution in [-0.4, -0.2) is 0 Å². The Morgan fingerprint density at radius 3 is 1.93 bits per heavy atom. The van der Waals surface area contributed by atoms with Gasteiger partial charge in [-0.15, -0.1) is 0 Å². The first-order chi connectivity index (χ1) is 6.45. The minimum atomic E-state index is 0.369. The van der Waals surface area contributed by atoms with Gasteiger partial charge in [-0.05, 0) is 29.0 Å². The second kappa shape index (κ2) is 4.55. The quantitative estimate of drug-likeness (QED) is 0.652. The molecule has 14 heavy (non-hydrogen) atoms. The monoisotopic (exact) mass is 230 g/mol. The van der Waals surface area contributed by atoms with Gasteiger partial charge in [-0.2, -0.15) is 0 Å². The number of hydrogen-bond donors (Lipinski definition) is 0. The van der Waals surface area contributed by atoms with Gasteiger partial charge in [-0.3, -0.25) is 0 Å². The average molecular weight is 231 g/mol. The molecule has 0 unspecified atom stereocenters. The lowest BCUT2D eigenvalue weighted by atomic mass is 9.95. The number of hydrogen-bond acceptors (Lipinski definition) is 0. The van der Waals surface area contributed by atoms with Crippen LogP contribution in [0.15, 0.2) is 12.1 Å². The molecule has 2 heteroatoms. The molecular formula is C12H16Cl2. The van der Waals surface area contributed by atoms with Crippen molar-refractivity contribution < 1.29 is 0 Å². The average Bonchev–Trinajstić information content (AvgIpc) is 2.02. The molecule has 0 saturated carbocycles. The van der Waals surface area contributed by atoms with Crippen LogP contribution >= 0.6 is 23.2 Å². The first-order valence-corrected chi connectivity index (χ1v) is 5.68. The largest absolute Gasteiger partial charge is 0.0840 e. The molecule has 0 N–H and O–H groups in total. The molecule has 0 saturated heterocycles. The molecule has 0 amide bonds. The van der Waals surface area contributed by atoms with Gasteiger partial charge in [0.15, 0.2) is 0 Å². The summed E-state index contributed by atoms with van der Waals surface area (Å²) in [6, 6.07) is 3.96. The zero-order valence-corrected chi connectivity index (χ0v) is 10.6. The molecule has 0 fully saturated rings. The van der Waals surface area contributed by atoms with Gasteiger partial charge in [-0.25, -0.2) is 0 Å². The van der Waals surface area contributed by atoms with Crippen LogP contribution in [0.2, 0.25) is 10.0 Å². The number of rotatable bonds is 2. The van der Waals surface area contributed by atoms with Crippen LogP contribution in [0.5, 0.6) is 0 Å². The van der Waals surface area contributed by atoms with Gasteiger partial charge < -0.3 is 0 Å². The van der Waals surface area contributed by atoms with Crippen LogP contribution in [0, 0.1) is 0 Å². The minimum Gasteiger partial charge on any atom is -0.0840 e. The van der Waals surface area contributed by atoms with E-state index in [-0.39, 0.29) is 0 Å². The van der Waals surface area contributed by atoms with Crippen molar-refractivity contribution in [3.8, 4) is 0 Å². The van der Waals surface area contributed by atoms with Crippen LogP contribution in [0.3, 0.4) is 0 Å². The molecule has 0 spiro atoms. The molecule has 0 nitrogen and oxygen atoms in total. The van der Waals surface area contributed by atoms with E-state index >= 15 is 0 Å². The maximum atomic E-state index is 6.32. The van der Waals surface area contributed by atoms with Crippen molar-refractivity contribution in [1.82, 2.24) is 0 Å². The summed E-state index contributed by atoms with van der Waals surface area (Å²) in [5.41, 5.74) is 2.25. The molecule has 0 radical (unpaired) electrons. The van der Waals surface area contributed by atoms with E-state index in [0.717, 1.165) is 15.6 Å². The highest BCUT2D eigenvalue weighted by Gasteiger charge is 2.14. The summed E-state index contributed by atoms with van der Waals surface area (Å²) in [6.45, 7) is 8.49. The second-order valence-electron chi connectivity index (χ2n) is 4.17. The summed E-state index contributed by atoms with van der Waals surface area (Å²) in [5.74, 6) is 0.811. The Hall–Kier alpha value is -0.200. The van der Waals surface area contributed by atoms with E-state index in [0.29, 0.717) is 11.8 Å². The summed E-state index contributed by atoms with van der Waals surface area (Å²) in [7, 11) is 0. The van der Waals surface area contributed by atoms with Gasteiger partial charge in [0, 0.05) is 10.0 Å². The molecule has 0 heterocycles. The lowest BCUT2D eigenvalue weighted by Gasteiger charge is -2.16. The van der Waals surface area contributed by atoms with E-state index < -0.39 is 0 Å². The van der Waals surface area contributed by atoms with Crippen molar-refractivity contribution in [3.63, 3.8) is 0 Å². The topological polar surface area (TPSA) is 0 Å². The predicted molar refractivity (Wildman–Crippen MR) is 64.6 cm³/mol. The molecule has 0 bridgehead atoms. The molecule has 0 aliphatic rings. The van der Waals surface area contributed by atoms with Crippen LogP contribution < -0.4 is 0 Å². The Kier molecular flexibility index (Phi) is 3.86. The maximum absolute atomic E-state index is 6.32. The lowest BCUT2D eigenvalue weighted by Crippen LogP contribution is -1.97. The van der Waals surface area contributed by atoms with Crippen LogP contribution in [0.4, 0.5) is 0 Å². The predicted octanol–water partition coefficient (Wildman–Crippen LogP) is 5.24. The maximum Gasteiger partial charge on any atom is 0.0490 e. The van der Waals surface area contributed by atoms with Gasteiger partial charge in [0.05, 0.1) is 0 Å². The normalized spacial score (nSPS) is 11.4. The van der Waals surface area contributed by atoms with Crippen molar-refractivity contribution in [1.29, 1.82) is 0 Å². The van der Waals surface area contributed by atoms with E-state index in [1.165, 1.54) is 5.56 Å². The first-order valence-electron chi connectivity index (χ1n) is 4.93. The van der Waals surface area contributed by atoms with Crippen molar-refractivity contribution in [2.45, 2.75) is 39.5 Å². The highest BCUT2D eigenvalue weighted by Crippen LogP contribution is 2.36. The van der Waals surface area contributed by atoms with E-state index in [4.69, 9.17) is 23.2 Å². The fourth-order valence-corrected chi connectivity index (χ4v) is 2.59. The van der Waals surface area contributed by atoms with Crippen LogP contribution in [0.1, 0.15) is 50.7 Å². The zero-order valence-electron chi connectivity index (χ0n) is 9.07. The molecule has 0 atom stereocenters. The van der Waals surface area contributed by atoms with E-state index in [1.54, 1.807) is 0 Å². The van der Waals surface area contributed by atoms with Gasteiger partial charge in [-0.1, -0.05) is 57.0 Å². The molecule has 0 aromatic heterocycles. The summed E-state index contributed by atoms with van der Waals surface area (Å²) in [5, 5.41) is 1.61. The SMILES string of the molecule is CC(C)c1ccc(Cl)c(C(C)C)c1Cl. The summed E-state index contributed by atoms with van der Waals surface area (Å²) >= 11 is 12.4. The molecule has 1 aromatic carbocycles. The van der Waals surface area contributed by atoms with Gasteiger partial charge in [0.1, 0.15) is 0 Å². The first kappa shape index (κ1) is 11.9. The van der Waals surface area contributed by atoms with Crippen molar-refractivity contribution in [2.75, 3.05) is 0 Å². The fraction of sp³-hybridized carbons (Fsp3) is 0.500. The fourth-order valence-electron chi connectivity index (χ4n) is 1.56. The Bertz CT molecular complexity index is 327. The van der Waals surface area contributed by atoms with Gasteiger partial charge >= 0.3 is 0 Å².